The zero-order valence-corrected chi connectivity index (χ0v) is 10.3. The molecular weight excluding hydrogens is 240 g/mol. The van der Waals surface area contributed by atoms with Crippen LogP contribution in [0.2, 0.25) is 0 Å². The van der Waals surface area contributed by atoms with Crippen LogP contribution < -0.4 is 5.32 Å². The van der Waals surface area contributed by atoms with Crippen LogP contribution in [0, 0.1) is 23.0 Å². The Kier molecular flexibility index (Phi) is 4.78. The van der Waals surface area contributed by atoms with Crippen molar-refractivity contribution in [1.29, 1.82) is 0 Å². The molecular formula is C10H16N4O4. The highest BCUT2D eigenvalue weighted by atomic mass is 16.6. The first-order valence-electron chi connectivity index (χ1n) is 5.53. The van der Waals surface area contributed by atoms with Gasteiger partial charge in [0.25, 0.3) is 0 Å². The summed E-state index contributed by atoms with van der Waals surface area (Å²) in [5.74, 6) is -0.827. The van der Waals surface area contributed by atoms with Crippen LogP contribution in [0.4, 0.5) is 5.82 Å². The van der Waals surface area contributed by atoms with Crippen molar-refractivity contribution < 1.29 is 14.8 Å². The highest BCUT2D eigenvalue weighted by Crippen LogP contribution is 2.12. The number of hydrogen-bond donors (Lipinski definition) is 2. The number of aromatic nitrogens is 2. The average molecular weight is 256 g/mol. The van der Waals surface area contributed by atoms with Gasteiger partial charge in [-0.25, -0.2) is 0 Å². The van der Waals surface area contributed by atoms with E-state index in [1.54, 1.807) is 13.8 Å². The van der Waals surface area contributed by atoms with E-state index in [2.05, 4.69) is 10.4 Å². The van der Waals surface area contributed by atoms with E-state index >= 15 is 0 Å². The van der Waals surface area contributed by atoms with Crippen LogP contribution in [-0.2, 0) is 11.3 Å². The Bertz CT molecular complexity index is 443. The fraction of sp³-hybridized carbons (Fsp3) is 0.600. The third kappa shape index (κ3) is 3.52. The molecule has 0 saturated carbocycles. The second kappa shape index (κ2) is 6.10. The molecule has 1 unspecified atom stereocenters. The highest BCUT2D eigenvalue weighted by Gasteiger charge is 2.20. The molecule has 0 bridgehead atoms. The minimum Gasteiger partial charge on any atom is -0.395 e. The van der Waals surface area contributed by atoms with E-state index in [4.69, 9.17) is 5.11 Å². The number of aliphatic hydroxyl groups excluding tert-OH is 1. The molecule has 1 heterocycles. The van der Waals surface area contributed by atoms with Gasteiger partial charge in [-0.3, -0.25) is 4.79 Å². The van der Waals surface area contributed by atoms with E-state index in [0.717, 1.165) is 0 Å². The molecule has 100 valence electrons. The van der Waals surface area contributed by atoms with Crippen LogP contribution in [0.1, 0.15) is 12.6 Å². The summed E-state index contributed by atoms with van der Waals surface area (Å²) in [6, 6.07) is 1.36. The number of carbonyl (C=O) groups excluding carboxylic acids is 1. The maximum Gasteiger partial charge on any atom is 0.390 e. The van der Waals surface area contributed by atoms with Crippen LogP contribution in [0.25, 0.3) is 0 Å². The summed E-state index contributed by atoms with van der Waals surface area (Å²) < 4.78 is 1.43. The van der Waals surface area contributed by atoms with Gasteiger partial charge in [-0.05, 0) is 11.8 Å². The smallest absolute Gasteiger partial charge is 0.390 e. The topological polar surface area (TPSA) is 110 Å². The van der Waals surface area contributed by atoms with Crippen molar-refractivity contribution in [1.82, 2.24) is 15.1 Å². The number of amides is 1. The van der Waals surface area contributed by atoms with Crippen molar-refractivity contribution in [2.45, 2.75) is 20.4 Å². The van der Waals surface area contributed by atoms with Gasteiger partial charge in [0.1, 0.15) is 0 Å². The lowest BCUT2D eigenvalue weighted by Crippen LogP contribution is -2.33. The van der Waals surface area contributed by atoms with E-state index in [0.29, 0.717) is 5.69 Å². The molecule has 1 atom stereocenters. The van der Waals surface area contributed by atoms with Crippen molar-refractivity contribution in [3.05, 3.63) is 21.9 Å². The van der Waals surface area contributed by atoms with Crippen LogP contribution >= 0.6 is 0 Å². The Morgan fingerprint density at radius 1 is 1.72 bits per heavy atom. The maximum atomic E-state index is 11.6. The number of aryl methyl sites for hydroxylation is 1. The second-order valence-corrected chi connectivity index (χ2v) is 4.00. The summed E-state index contributed by atoms with van der Waals surface area (Å²) in [5.41, 5.74) is 0.628. The van der Waals surface area contributed by atoms with Crippen LogP contribution in [0.5, 0.6) is 0 Å². The van der Waals surface area contributed by atoms with Crippen LogP contribution in [0.15, 0.2) is 6.07 Å². The first-order valence-corrected chi connectivity index (χ1v) is 5.53. The molecule has 0 aliphatic heterocycles. The van der Waals surface area contributed by atoms with Crippen molar-refractivity contribution in [2.75, 3.05) is 13.2 Å². The molecule has 0 saturated heterocycles. The van der Waals surface area contributed by atoms with Gasteiger partial charge in [0.05, 0.1) is 35.9 Å². The van der Waals surface area contributed by atoms with Gasteiger partial charge >= 0.3 is 5.82 Å². The first-order chi connectivity index (χ1) is 8.45. The molecule has 2 N–H and O–H groups in total. The number of rotatable bonds is 6. The molecule has 0 fully saturated rings. The lowest BCUT2D eigenvalue weighted by atomic mass is 10.1. The molecule has 0 aliphatic rings. The van der Waals surface area contributed by atoms with Gasteiger partial charge in [0.2, 0.25) is 5.91 Å². The minimum atomic E-state index is -0.569. The summed E-state index contributed by atoms with van der Waals surface area (Å²) in [4.78, 5) is 21.5. The minimum absolute atomic E-state index is 0.120. The number of aliphatic hydroxyl groups is 1. The first kappa shape index (κ1) is 14.1. The second-order valence-electron chi connectivity index (χ2n) is 4.00. The molecule has 18 heavy (non-hydrogen) atoms. The molecule has 0 aliphatic carbocycles. The SMILES string of the molecule is Cc1cc([N+](=O)[O-])nn1CC(C)C(=O)NCCO. The fourth-order valence-corrected chi connectivity index (χ4v) is 1.46. The summed E-state index contributed by atoms with van der Waals surface area (Å²) in [6.07, 6.45) is 0. The summed E-state index contributed by atoms with van der Waals surface area (Å²) in [6.45, 7) is 3.72. The van der Waals surface area contributed by atoms with Gasteiger partial charge in [-0.2, -0.15) is 4.68 Å². The molecule has 1 amide bonds. The van der Waals surface area contributed by atoms with E-state index < -0.39 is 4.92 Å². The third-order valence-corrected chi connectivity index (χ3v) is 2.46. The van der Waals surface area contributed by atoms with E-state index in [1.807, 2.05) is 0 Å². The lowest BCUT2D eigenvalue weighted by Gasteiger charge is -2.10. The van der Waals surface area contributed by atoms with Crippen molar-refractivity contribution >= 4 is 11.7 Å². The largest absolute Gasteiger partial charge is 0.395 e. The number of carbonyl (C=O) groups is 1. The van der Waals surface area contributed by atoms with E-state index in [1.165, 1.54) is 10.7 Å². The van der Waals surface area contributed by atoms with Crippen molar-refractivity contribution in [2.24, 2.45) is 5.92 Å². The summed E-state index contributed by atoms with van der Waals surface area (Å²) >= 11 is 0. The van der Waals surface area contributed by atoms with Crippen LogP contribution in [0.3, 0.4) is 0 Å². The fourth-order valence-electron chi connectivity index (χ4n) is 1.46. The normalized spacial score (nSPS) is 12.2. The molecule has 1 aromatic rings. The highest BCUT2D eigenvalue weighted by molar-refractivity contribution is 5.78. The monoisotopic (exact) mass is 256 g/mol. The maximum absolute atomic E-state index is 11.6. The number of hydrogen-bond acceptors (Lipinski definition) is 5. The van der Waals surface area contributed by atoms with Gasteiger partial charge in [-0.1, -0.05) is 6.92 Å². The summed E-state index contributed by atoms with van der Waals surface area (Å²) in [7, 11) is 0. The zero-order chi connectivity index (χ0) is 13.7. The van der Waals surface area contributed by atoms with Gasteiger partial charge in [0, 0.05) is 6.54 Å². The van der Waals surface area contributed by atoms with E-state index in [9.17, 15) is 14.9 Å². The molecule has 1 aromatic heterocycles. The quantitative estimate of drug-likeness (QED) is 0.543. The van der Waals surface area contributed by atoms with Crippen LogP contribution in [-0.4, -0.2) is 38.9 Å². The number of nitrogens with one attached hydrogen (secondary N) is 1. The molecule has 0 aromatic carbocycles. The van der Waals surface area contributed by atoms with Crippen molar-refractivity contribution in [3.63, 3.8) is 0 Å². The molecule has 8 nitrogen and oxygen atoms in total. The Morgan fingerprint density at radius 3 is 2.89 bits per heavy atom. The Hall–Kier alpha value is -1.96. The number of nitro groups is 1. The van der Waals surface area contributed by atoms with Gasteiger partial charge in [0.15, 0.2) is 0 Å². The van der Waals surface area contributed by atoms with Gasteiger partial charge in [-0.15, -0.1) is 0 Å². The molecule has 1 rings (SSSR count). The number of nitrogens with zero attached hydrogens (tertiary/aromatic N) is 3. The zero-order valence-electron chi connectivity index (χ0n) is 10.3. The molecule has 8 heteroatoms. The predicted octanol–water partition coefficient (Wildman–Crippen LogP) is -0.156. The standard InChI is InChI=1S/C10H16N4O4/c1-7(10(16)11-3-4-15)6-13-8(2)5-9(12-13)14(17)18/h5,7,15H,3-4,6H2,1-2H3,(H,11,16). The predicted molar refractivity (Wildman–Crippen MR) is 62.9 cm³/mol. The average Bonchev–Trinajstić information content (AvgIpc) is 2.68. The van der Waals surface area contributed by atoms with E-state index in [-0.39, 0.29) is 37.3 Å². The Morgan fingerprint density at radius 2 is 2.39 bits per heavy atom. The third-order valence-electron chi connectivity index (χ3n) is 2.46. The molecule has 0 radical (unpaired) electrons. The molecule has 0 spiro atoms. The Labute approximate surface area is 104 Å². The lowest BCUT2D eigenvalue weighted by molar-refractivity contribution is -0.389. The Balaban J connectivity index is 2.66. The van der Waals surface area contributed by atoms with Crippen molar-refractivity contribution in [3.8, 4) is 0 Å². The summed E-state index contributed by atoms with van der Waals surface area (Å²) in [5, 5.41) is 25.5. The van der Waals surface area contributed by atoms with Gasteiger partial charge < -0.3 is 20.5 Å².